The number of carbonyl (C=O) groups excluding carboxylic acids is 2. The van der Waals surface area contributed by atoms with E-state index < -0.39 is 11.7 Å². The Hall–Kier alpha value is -4.36. The number of nitrogens with zero attached hydrogens (tertiary/aromatic N) is 3. The number of amides is 1. The van der Waals surface area contributed by atoms with Gasteiger partial charge in [-0.2, -0.15) is 0 Å². The molecular weight excluding hydrogens is 492 g/mol. The Morgan fingerprint density at radius 2 is 1.68 bits per heavy atom. The average molecular weight is 521 g/mol. The summed E-state index contributed by atoms with van der Waals surface area (Å²) in [6.07, 6.45) is 1.82. The predicted octanol–water partition coefficient (Wildman–Crippen LogP) is 6.20. The molecule has 0 radical (unpaired) electrons. The van der Waals surface area contributed by atoms with Crippen molar-refractivity contribution in [2.45, 2.75) is 13.0 Å². The molecule has 0 spiro atoms. The third-order valence-corrected chi connectivity index (χ3v) is 8.02. The fourth-order valence-corrected chi connectivity index (χ4v) is 5.98. The summed E-state index contributed by atoms with van der Waals surface area (Å²) in [6.45, 7) is 5.09. The highest BCUT2D eigenvalue weighted by Crippen LogP contribution is 2.30. The number of nitrogens with one attached hydrogen (secondary N) is 1. The molecule has 1 atom stereocenters. The zero-order valence-electron chi connectivity index (χ0n) is 21.1. The predicted molar refractivity (Wildman–Crippen MR) is 156 cm³/mol. The summed E-state index contributed by atoms with van der Waals surface area (Å²) in [6, 6.07) is 29.7. The number of fused-ring (bicyclic) bond motifs is 1. The van der Waals surface area contributed by atoms with Crippen molar-refractivity contribution in [2.75, 3.05) is 34.8 Å². The SMILES string of the molecule is CC1CN(c2cccs2)CCN1c1ccc(NC(=O)C(=O)c2c(-c3ccccc3)cc3ccccn23)cc1. The van der Waals surface area contributed by atoms with Crippen molar-refractivity contribution in [2.24, 2.45) is 0 Å². The van der Waals surface area contributed by atoms with Crippen LogP contribution in [0.5, 0.6) is 0 Å². The smallest absolute Gasteiger partial charge is 0.298 e. The Balaban J connectivity index is 1.18. The Morgan fingerprint density at radius 1 is 0.895 bits per heavy atom. The lowest BCUT2D eigenvalue weighted by atomic mass is 10.0. The fraction of sp³-hybridized carbons (Fsp3) is 0.161. The van der Waals surface area contributed by atoms with Gasteiger partial charge in [-0.25, -0.2) is 0 Å². The van der Waals surface area contributed by atoms with Gasteiger partial charge >= 0.3 is 0 Å². The second-order valence-corrected chi connectivity index (χ2v) is 10.5. The Labute approximate surface area is 225 Å². The third kappa shape index (κ3) is 4.57. The van der Waals surface area contributed by atoms with Gasteiger partial charge in [0.15, 0.2) is 0 Å². The van der Waals surface area contributed by atoms with Gasteiger partial charge in [0, 0.05) is 54.3 Å². The van der Waals surface area contributed by atoms with Crippen LogP contribution in [-0.2, 0) is 4.79 Å². The van der Waals surface area contributed by atoms with Crippen molar-refractivity contribution < 1.29 is 9.59 Å². The number of carbonyl (C=O) groups is 2. The number of hydrogen-bond acceptors (Lipinski definition) is 5. The first-order valence-electron chi connectivity index (χ1n) is 12.7. The van der Waals surface area contributed by atoms with Crippen LogP contribution in [0.15, 0.2) is 103 Å². The van der Waals surface area contributed by atoms with Crippen molar-refractivity contribution >= 4 is 44.9 Å². The molecule has 5 aromatic rings. The number of hydrogen-bond donors (Lipinski definition) is 1. The van der Waals surface area contributed by atoms with E-state index in [1.165, 1.54) is 5.00 Å². The Morgan fingerprint density at radius 3 is 2.42 bits per heavy atom. The van der Waals surface area contributed by atoms with Gasteiger partial charge in [-0.3, -0.25) is 9.59 Å². The molecule has 1 aliphatic rings. The second-order valence-electron chi connectivity index (χ2n) is 9.54. The van der Waals surface area contributed by atoms with Gasteiger partial charge in [0.1, 0.15) is 5.69 Å². The molecule has 1 unspecified atom stereocenters. The largest absolute Gasteiger partial charge is 0.365 e. The fourth-order valence-electron chi connectivity index (χ4n) is 5.22. The molecule has 7 heteroatoms. The Bertz CT molecular complexity index is 1580. The summed E-state index contributed by atoms with van der Waals surface area (Å²) >= 11 is 1.78. The highest BCUT2D eigenvalue weighted by Gasteiger charge is 2.26. The molecule has 1 saturated heterocycles. The number of benzene rings is 2. The summed E-state index contributed by atoms with van der Waals surface area (Å²) in [5, 5.41) is 6.24. The second kappa shape index (κ2) is 10.2. The van der Waals surface area contributed by atoms with Crippen LogP contribution >= 0.6 is 11.3 Å². The number of thiophene rings is 1. The van der Waals surface area contributed by atoms with Crippen molar-refractivity contribution in [3.05, 3.63) is 108 Å². The van der Waals surface area contributed by atoms with Gasteiger partial charge in [0.25, 0.3) is 11.7 Å². The van der Waals surface area contributed by atoms with Crippen molar-refractivity contribution in [1.82, 2.24) is 4.40 Å². The van der Waals surface area contributed by atoms with Gasteiger partial charge in [0.05, 0.1) is 5.00 Å². The molecule has 190 valence electrons. The molecule has 1 aliphatic heterocycles. The van der Waals surface area contributed by atoms with E-state index in [4.69, 9.17) is 0 Å². The summed E-state index contributed by atoms with van der Waals surface area (Å²) < 4.78 is 1.78. The summed E-state index contributed by atoms with van der Waals surface area (Å²) in [5.74, 6) is -1.23. The summed E-state index contributed by atoms with van der Waals surface area (Å²) in [5.41, 5.74) is 4.56. The number of anilines is 3. The number of Topliss-reactive ketones (excluding diaryl/α,β-unsaturated/α-hetero) is 1. The van der Waals surface area contributed by atoms with Crippen LogP contribution in [0.25, 0.3) is 16.6 Å². The quantitative estimate of drug-likeness (QED) is 0.214. The first-order valence-corrected chi connectivity index (χ1v) is 13.6. The van der Waals surface area contributed by atoms with E-state index in [2.05, 4.69) is 39.6 Å². The van der Waals surface area contributed by atoms with E-state index in [9.17, 15) is 9.59 Å². The third-order valence-electron chi connectivity index (χ3n) is 7.09. The van der Waals surface area contributed by atoms with E-state index in [-0.39, 0.29) is 0 Å². The zero-order chi connectivity index (χ0) is 26.1. The van der Waals surface area contributed by atoms with E-state index >= 15 is 0 Å². The van der Waals surface area contributed by atoms with Crippen LogP contribution in [0.2, 0.25) is 0 Å². The molecular formula is C31H28N4O2S. The van der Waals surface area contributed by atoms with Crippen LogP contribution in [0, 0.1) is 0 Å². The molecule has 1 amide bonds. The normalized spacial score (nSPS) is 15.6. The lowest BCUT2D eigenvalue weighted by molar-refractivity contribution is -0.112. The average Bonchev–Trinajstić information content (AvgIpc) is 3.62. The highest BCUT2D eigenvalue weighted by atomic mass is 32.1. The van der Waals surface area contributed by atoms with E-state index in [1.54, 1.807) is 15.7 Å². The molecule has 4 heterocycles. The summed E-state index contributed by atoms with van der Waals surface area (Å²) in [4.78, 5) is 31.4. The first-order chi connectivity index (χ1) is 18.6. The molecule has 38 heavy (non-hydrogen) atoms. The van der Waals surface area contributed by atoms with Gasteiger partial charge in [-0.1, -0.05) is 36.4 Å². The van der Waals surface area contributed by atoms with Crippen LogP contribution in [0.4, 0.5) is 16.4 Å². The number of aromatic nitrogens is 1. The number of piperazine rings is 1. The number of ketones is 1. The lowest BCUT2D eigenvalue weighted by Gasteiger charge is -2.41. The maximum Gasteiger partial charge on any atom is 0.298 e. The molecule has 0 aliphatic carbocycles. The lowest BCUT2D eigenvalue weighted by Crippen LogP contribution is -2.52. The van der Waals surface area contributed by atoms with Crippen LogP contribution in [-0.4, -0.2) is 41.8 Å². The highest BCUT2D eigenvalue weighted by molar-refractivity contribution is 7.14. The topological polar surface area (TPSA) is 57.1 Å². The van der Waals surface area contributed by atoms with Crippen LogP contribution < -0.4 is 15.1 Å². The molecule has 2 aromatic carbocycles. The first kappa shape index (κ1) is 24.0. The van der Waals surface area contributed by atoms with E-state index in [0.29, 0.717) is 17.4 Å². The van der Waals surface area contributed by atoms with Crippen molar-refractivity contribution in [3.63, 3.8) is 0 Å². The van der Waals surface area contributed by atoms with Crippen LogP contribution in [0.3, 0.4) is 0 Å². The molecule has 6 rings (SSSR count). The minimum atomic E-state index is -0.656. The molecule has 1 fully saturated rings. The van der Waals surface area contributed by atoms with Crippen LogP contribution in [0.1, 0.15) is 17.4 Å². The van der Waals surface area contributed by atoms with Crippen molar-refractivity contribution in [1.29, 1.82) is 0 Å². The van der Waals surface area contributed by atoms with E-state index in [0.717, 1.165) is 42.0 Å². The van der Waals surface area contributed by atoms with E-state index in [1.807, 2.05) is 85.1 Å². The van der Waals surface area contributed by atoms with Crippen molar-refractivity contribution in [3.8, 4) is 11.1 Å². The minimum absolute atomic E-state index is 0.354. The van der Waals surface area contributed by atoms with Gasteiger partial charge < -0.3 is 19.5 Å². The van der Waals surface area contributed by atoms with Gasteiger partial charge in [-0.15, -0.1) is 11.3 Å². The summed E-state index contributed by atoms with van der Waals surface area (Å²) in [7, 11) is 0. The van der Waals surface area contributed by atoms with Gasteiger partial charge in [0.2, 0.25) is 0 Å². The molecule has 6 nitrogen and oxygen atoms in total. The molecule has 1 N–H and O–H groups in total. The minimum Gasteiger partial charge on any atom is -0.365 e. The Kier molecular flexibility index (Phi) is 6.43. The maximum atomic E-state index is 13.5. The monoisotopic (exact) mass is 520 g/mol. The molecule has 0 bridgehead atoms. The van der Waals surface area contributed by atoms with Gasteiger partial charge in [-0.05, 0) is 72.5 Å². The standard InChI is InChI=1S/C31H28N4O2S/c1-22-21-33(28-11-7-19-38-28)17-18-34(22)25-14-12-24(13-15-25)32-31(37)30(36)29-27(23-8-3-2-4-9-23)20-26-10-5-6-16-35(26)29/h2-16,19-20,22H,17-18,21H2,1H3,(H,32,37). The molecule has 0 saturated carbocycles. The zero-order valence-corrected chi connectivity index (χ0v) is 21.9. The number of pyridine rings is 1. The maximum absolute atomic E-state index is 13.5. The molecule has 3 aromatic heterocycles. The number of rotatable bonds is 6.